The summed E-state index contributed by atoms with van der Waals surface area (Å²) < 4.78 is 62.1. The largest absolute Gasteiger partial charge is 0.525 e. The van der Waals surface area contributed by atoms with Gasteiger partial charge in [-0.1, -0.05) is 0 Å². The average Bonchev–Trinajstić information content (AvgIpc) is 2.97. The zero-order valence-corrected chi connectivity index (χ0v) is 10.6. The second-order valence-corrected chi connectivity index (χ2v) is 6.43. The molecule has 0 radical (unpaired) electrons. The Kier molecular flexibility index (Phi) is 2.59. The quantitative estimate of drug-likeness (QED) is 0.558. The molecule has 110 valence electrons. The van der Waals surface area contributed by atoms with E-state index < -0.39 is 27.4 Å². The van der Waals surface area contributed by atoms with Gasteiger partial charge in [-0.3, -0.25) is 9.59 Å². The summed E-state index contributed by atoms with van der Waals surface area (Å²) in [4.78, 5) is 23.8. The van der Waals surface area contributed by atoms with Crippen LogP contribution >= 0.6 is 0 Å². The molecule has 2 bridgehead atoms. The van der Waals surface area contributed by atoms with Crippen LogP contribution in [0, 0.1) is 11.8 Å². The SMILES string of the molecule is O=C1C2=C(C(=O)N1OS(=O)(=O)C(F)(F)F)C1CCC2C1. The second-order valence-electron chi connectivity index (χ2n) is 4.91. The van der Waals surface area contributed by atoms with Crippen LogP contribution in [0.1, 0.15) is 19.3 Å². The molecular weight excluding hydrogens is 303 g/mol. The predicted molar refractivity (Wildman–Crippen MR) is 55.8 cm³/mol. The normalized spacial score (nSPS) is 29.6. The zero-order valence-electron chi connectivity index (χ0n) is 9.81. The van der Waals surface area contributed by atoms with Gasteiger partial charge in [0.25, 0.3) is 11.8 Å². The van der Waals surface area contributed by atoms with Crippen LogP contribution in [-0.2, 0) is 24.0 Å². The molecule has 0 saturated heterocycles. The molecule has 20 heavy (non-hydrogen) atoms. The van der Waals surface area contributed by atoms with Gasteiger partial charge in [0.05, 0.1) is 0 Å². The van der Waals surface area contributed by atoms with Crippen LogP contribution in [0.4, 0.5) is 13.2 Å². The second kappa shape index (κ2) is 3.82. The summed E-state index contributed by atoms with van der Waals surface area (Å²) >= 11 is 0. The fourth-order valence-electron chi connectivity index (χ4n) is 3.04. The summed E-state index contributed by atoms with van der Waals surface area (Å²) in [5.74, 6) is -2.56. The number of fused-ring (bicyclic) bond motifs is 4. The number of alkyl halides is 3. The van der Waals surface area contributed by atoms with Crippen molar-refractivity contribution in [2.45, 2.75) is 24.8 Å². The minimum absolute atomic E-state index is 0.114. The number of hydrogen-bond donors (Lipinski definition) is 0. The molecule has 0 spiro atoms. The van der Waals surface area contributed by atoms with Crippen molar-refractivity contribution >= 4 is 21.9 Å². The molecule has 2 aliphatic carbocycles. The van der Waals surface area contributed by atoms with Crippen molar-refractivity contribution in [1.82, 2.24) is 5.06 Å². The number of halogens is 3. The maximum atomic E-state index is 12.2. The van der Waals surface area contributed by atoms with E-state index in [9.17, 15) is 31.2 Å². The van der Waals surface area contributed by atoms with Crippen molar-refractivity contribution in [3.63, 3.8) is 0 Å². The lowest BCUT2D eigenvalue weighted by Crippen LogP contribution is -2.40. The minimum atomic E-state index is -6.03. The summed E-state index contributed by atoms with van der Waals surface area (Å²) in [7, 11) is -6.03. The van der Waals surface area contributed by atoms with Crippen molar-refractivity contribution < 1.29 is 35.5 Å². The summed E-state index contributed by atoms with van der Waals surface area (Å²) in [5.41, 5.74) is -5.47. The molecule has 2 atom stereocenters. The smallest absolute Gasteiger partial charge is 0.267 e. The Morgan fingerprint density at radius 3 is 1.90 bits per heavy atom. The number of hydrogen-bond acceptors (Lipinski definition) is 5. The van der Waals surface area contributed by atoms with Crippen LogP contribution in [0.5, 0.6) is 0 Å². The molecule has 3 rings (SSSR count). The first-order valence-corrected chi connectivity index (χ1v) is 7.18. The number of carbonyl (C=O) groups is 2. The monoisotopic (exact) mass is 311 g/mol. The Balaban J connectivity index is 1.90. The molecule has 1 aliphatic heterocycles. The maximum absolute atomic E-state index is 12.2. The molecule has 0 aromatic heterocycles. The van der Waals surface area contributed by atoms with E-state index in [1.54, 1.807) is 0 Å². The molecule has 1 saturated carbocycles. The lowest BCUT2D eigenvalue weighted by molar-refractivity contribution is -0.166. The highest BCUT2D eigenvalue weighted by molar-refractivity contribution is 7.87. The highest BCUT2D eigenvalue weighted by Crippen LogP contribution is 2.52. The molecule has 0 aromatic rings. The number of amides is 2. The van der Waals surface area contributed by atoms with Gasteiger partial charge in [0.2, 0.25) is 0 Å². The van der Waals surface area contributed by atoms with Gasteiger partial charge in [-0.15, -0.1) is 9.35 Å². The van der Waals surface area contributed by atoms with Crippen molar-refractivity contribution in [3.05, 3.63) is 11.1 Å². The topological polar surface area (TPSA) is 80.8 Å². The number of rotatable bonds is 2. The van der Waals surface area contributed by atoms with E-state index >= 15 is 0 Å². The van der Waals surface area contributed by atoms with Crippen molar-refractivity contribution in [1.29, 1.82) is 0 Å². The zero-order chi connectivity index (χ0) is 14.9. The van der Waals surface area contributed by atoms with Crippen LogP contribution < -0.4 is 0 Å². The molecule has 1 fully saturated rings. The average molecular weight is 311 g/mol. The van der Waals surface area contributed by atoms with Crippen LogP contribution in [0.25, 0.3) is 0 Å². The van der Waals surface area contributed by atoms with E-state index in [2.05, 4.69) is 4.28 Å². The van der Waals surface area contributed by atoms with Gasteiger partial charge in [-0.2, -0.15) is 21.6 Å². The van der Waals surface area contributed by atoms with E-state index in [0.29, 0.717) is 19.3 Å². The molecular formula is C10H8F3NO5S. The van der Waals surface area contributed by atoms with E-state index in [1.807, 2.05) is 0 Å². The highest BCUT2D eigenvalue weighted by Gasteiger charge is 2.57. The van der Waals surface area contributed by atoms with Gasteiger partial charge in [-0.05, 0) is 31.1 Å². The van der Waals surface area contributed by atoms with E-state index in [1.165, 1.54) is 0 Å². The standard InChI is InChI=1S/C10H8F3NO5S/c11-10(12,13)20(17,18)19-14-8(15)6-4-1-2-5(3-4)7(6)9(14)16/h4-5H,1-3H2. The molecule has 0 N–H and O–H groups in total. The predicted octanol–water partition coefficient (Wildman–Crippen LogP) is 0.863. The highest BCUT2D eigenvalue weighted by atomic mass is 32.2. The lowest BCUT2D eigenvalue weighted by Gasteiger charge is -2.17. The van der Waals surface area contributed by atoms with Gasteiger partial charge < -0.3 is 0 Å². The van der Waals surface area contributed by atoms with Crippen molar-refractivity contribution in [3.8, 4) is 0 Å². The Morgan fingerprint density at radius 2 is 1.50 bits per heavy atom. The van der Waals surface area contributed by atoms with E-state index in [0.717, 1.165) is 0 Å². The minimum Gasteiger partial charge on any atom is -0.267 e. The van der Waals surface area contributed by atoms with Gasteiger partial charge in [-0.25, -0.2) is 0 Å². The van der Waals surface area contributed by atoms with Gasteiger partial charge in [0.15, 0.2) is 0 Å². The lowest BCUT2D eigenvalue weighted by atomic mass is 9.93. The number of nitrogens with zero attached hydrogens (tertiary/aromatic N) is 1. The fourth-order valence-corrected chi connectivity index (χ4v) is 3.46. The van der Waals surface area contributed by atoms with Crippen LogP contribution in [0.15, 0.2) is 11.1 Å². The van der Waals surface area contributed by atoms with Gasteiger partial charge >= 0.3 is 15.6 Å². The summed E-state index contributed by atoms with van der Waals surface area (Å²) in [6, 6.07) is 0. The van der Waals surface area contributed by atoms with Gasteiger partial charge in [0, 0.05) is 11.1 Å². The van der Waals surface area contributed by atoms with Crippen molar-refractivity contribution in [2.75, 3.05) is 0 Å². The third-order valence-corrected chi connectivity index (χ3v) is 4.74. The molecule has 10 heteroatoms. The molecule has 0 aromatic carbocycles. The Bertz CT molecular complexity index is 618. The third kappa shape index (κ3) is 1.64. The Morgan fingerprint density at radius 1 is 1.05 bits per heavy atom. The Labute approximate surface area is 111 Å². The maximum Gasteiger partial charge on any atom is 0.525 e. The number of hydroxylamine groups is 2. The Hall–Kier alpha value is -1.42. The molecule has 2 unspecified atom stereocenters. The summed E-state index contributed by atoms with van der Waals surface area (Å²) in [6.07, 6.45) is 1.95. The molecule has 3 aliphatic rings. The van der Waals surface area contributed by atoms with Crippen LogP contribution in [0.3, 0.4) is 0 Å². The summed E-state index contributed by atoms with van der Waals surface area (Å²) in [6.45, 7) is 0. The summed E-state index contributed by atoms with van der Waals surface area (Å²) in [5, 5.41) is -0.280. The van der Waals surface area contributed by atoms with E-state index in [-0.39, 0.29) is 28.0 Å². The first kappa shape index (κ1) is 13.6. The first-order valence-electron chi connectivity index (χ1n) is 5.77. The molecule has 1 heterocycles. The van der Waals surface area contributed by atoms with E-state index in [4.69, 9.17) is 0 Å². The van der Waals surface area contributed by atoms with Crippen LogP contribution in [0.2, 0.25) is 0 Å². The van der Waals surface area contributed by atoms with Gasteiger partial charge in [0.1, 0.15) is 0 Å². The number of carbonyl (C=O) groups excluding carboxylic acids is 2. The van der Waals surface area contributed by atoms with Crippen LogP contribution in [-0.4, -0.2) is 30.8 Å². The first-order chi connectivity index (χ1) is 9.13. The van der Waals surface area contributed by atoms with Crippen molar-refractivity contribution in [2.24, 2.45) is 11.8 Å². The molecule has 2 amide bonds. The fraction of sp³-hybridized carbons (Fsp3) is 0.600. The molecule has 6 nitrogen and oxygen atoms in total. The third-order valence-electron chi connectivity index (χ3n) is 3.83. The number of imide groups is 1.